The highest BCUT2D eigenvalue weighted by Crippen LogP contribution is 1.97. The number of carboxylic acid groups (broad SMARTS) is 1. The SMILES string of the molecule is CC(NC(=O)CNC(=O)c1ccccc1)C(=O)O. The number of benzene rings is 1. The summed E-state index contributed by atoms with van der Waals surface area (Å²) in [6, 6.07) is 7.45. The zero-order chi connectivity index (χ0) is 13.5. The topological polar surface area (TPSA) is 95.5 Å². The van der Waals surface area contributed by atoms with Gasteiger partial charge in [-0.25, -0.2) is 0 Å². The van der Waals surface area contributed by atoms with Crippen LogP contribution in [0.3, 0.4) is 0 Å². The van der Waals surface area contributed by atoms with Gasteiger partial charge in [-0.2, -0.15) is 0 Å². The Balaban J connectivity index is 2.40. The molecule has 96 valence electrons. The van der Waals surface area contributed by atoms with Gasteiger partial charge in [-0.3, -0.25) is 14.4 Å². The first-order chi connectivity index (χ1) is 8.50. The third-order valence-corrected chi connectivity index (χ3v) is 2.19. The van der Waals surface area contributed by atoms with Crippen LogP contribution in [0.25, 0.3) is 0 Å². The molecule has 0 aliphatic rings. The minimum absolute atomic E-state index is 0.259. The van der Waals surface area contributed by atoms with Crippen LogP contribution < -0.4 is 10.6 Å². The molecule has 18 heavy (non-hydrogen) atoms. The van der Waals surface area contributed by atoms with E-state index in [4.69, 9.17) is 5.11 Å². The van der Waals surface area contributed by atoms with Gasteiger partial charge in [-0.05, 0) is 19.1 Å². The summed E-state index contributed by atoms with van der Waals surface area (Å²) in [6.07, 6.45) is 0. The number of carboxylic acids is 1. The Morgan fingerprint density at radius 1 is 1.22 bits per heavy atom. The molecule has 1 unspecified atom stereocenters. The Kier molecular flexibility index (Phi) is 4.86. The van der Waals surface area contributed by atoms with Gasteiger partial charge in [0.25, 0.3) is 5.91 Å². The van der Waals surface area contributed by atoms with Gasteiger partial charge in [0.15, 0.2) is 0 Å². The Morgan fingerprint density at radius 2 is 1.83 bits per heavy atom. The van der Waals surface area contributed by atoms with E-state index in [0.29, 0.717) is 5.56 Å². The minimum atomic E-state index is -1.13. The number of nitrogens with one attached hydrogen (secondary N) is 2. The van der Waals surface area contributed by atoms with Crippen LogP contribution in [0.15, 0.2) is 30.3 Å². The maximum Gasteiger partial charge on any atom is 0.325 e. The molecule has 0 heterocycles. The van der Waals surface area contributed by atoms with Crippen LogP contribution >= 0.6 is 0 Å². The lowest BCUT2D eigenvalue weighted by atomic mass is 10.2. The summed E-state index contributed by atoms with van der Waals surface area (Å²) >= 11 is 0. The van der Waals surface area contributed by atoms with Crippen molar-refractivity contribution in [1.29, 1.82) is 0 Å². The Hall–Kier alpha value is -2.37. The van der Waals surface area contributed by atoms with E-state index >= 15 is 0 Å². The lowest BCUT2D eigenvalue weighted by Gasteiger charge is -2.09. The van der Waals surface area contributed by atoms with Gasteiger partial charge in [0.2, 0.25) is 5.91 Å². The molecule has 0 aliphatic carbocycles. The summed E-state index contributed by atoms with van der Waals surface area (Å²) in [6.45, 7) is 1.09. The molecule has 0 spiro atoms. The second-order valence-electron chi connectivity index (χ2n) is 3.68. The number of rotatable bonds is 5. The number of hydrogen-bond acceptors (Lipinski definition) is 3. The maximum absolute atomic E-state index is 11.6. The van der Waals surface area contributed by atoms with Crippen molar-refractivity contribution >= 4 is 17.8 Å². The molecular formula is C12H14N2O4. The fraction of sp³-hybridized carbons (Fsp3) is 0.250. The van der Waals surface area contributed by atoms with Crippen LogP contribution in [0.2, 0.25) is 0 Å². The van der Waals surface area contributed by atoms with Crippen LogP contribution in [-0.4, -0.2) is 35.5 Å². The molecule has 1 aromatic carbocycles. The molecule has 0 bridgehead atoms. The quantitative estimate of drug-likeness (QED) is 0.685. The zero-order valence-corrected chi connectivity index (χ0v) is 9.84. The van der Waals surface area contributed by atoms with Crippen LogP contribution in [0, 0.1) is 0 Å². The van der Waals surface area contributed by atoms with E-state index in [1.807, 2.05) is 0 Å². The second-order valence-corrected chi connectivity index (χ2v) is 3.68. The van der Waals surface area contributed by atoms with Gasteiger partial charge in [-0.1, -0.05) is 18.2 Å². The molecule has 0 fully saturated rings. The summed E-state index contributed by atoms with van der Waals surface area (Å²) in [7, 11) is 0. The molecule has 0 aromatic heterocycles. The largest absolute Gasteiger partial charge is 0.480 e. The molecule has 0 aliphatic heterocycles. The van der Waals surface area contributed by atoms with Crippen LogP contribution in [-0.2, 0) is 9.59 Å². The van der Waals surface area contributed by atoms with E-state index in [1.165, 1.54) is 6.92 Å². The standard InChI is InChI=1S/C12H14N2O4/c1-8(12(17)18)14-10(15)7-13-11(16)9-5-3-2-4-6-9/h2-6,8H,7H2,1H3,(H,13,16)(H,14,15)(H,17,18). The van der Waals surface area contributed by atoms with E-state index in [-0.39, 0.29) is 12.5 Å². The van der Waals surface area contributed by atoms with Crippen molar-refractivity contribution in [3.8, 4) is 0 Å². The van der Waals surface area contributed by atoms with Crippen molar-refractivity contribution in [3.63, 3.8) is 0 Å². The van der Waals surface area contributed by atoms with Gasteiger partial charge < -0.3 is 15.7 Å². The highest BCUT2D eigenvalue weighted by molar-refractivity contribution is 5.96. The van der Waals surface area contributed by atoms with Gasteiger partial charge in [0.1, 0.15) is 6.04 Å². The third-order valence-electron chi connectivity index (χ3n) is 2.19. The van der Waals surface area contributed by atoms with Gasteiger partial charge >= 0.3 is 5.97 Å². The first-order valence-electron chi connectivity index (χ1n) is 5.36. The lowest BCUT2D eigenvalue weighted by molar-refractivity contribution is -0.141. The minimum Gasteiger partial charge on any atom is -0.480 e. The van der Waals surface area contributed by atoms with Crippen molar-refractivity contribution in [2.24, 2.45) is 0 Å². The Bertz CT molecular complexity index is 445. The average molecular weight is 250 g/mol. The van der Waals surface area contributed by atoms with Gasteiger partial charge in [0.05, 0.1) is 6.54 Å². The Morgan fingerprint density at radius 3 is 2.39 bits per heavy atom. The average Bonchev–Trinajstić information content (AvgIpc) is 2.36. The summed E-state index contributed by atoms with van der Waals surface area (Å²) in [4.78, 5) is 33.4. The number of carbonyl (C=O) groups is 3. The fourth-order valence-electron chi connectivity index (χ4n) is 1.21. The van der Waals surface area contributed by atoms with E-state index in [2.05, 4.69) is 10.6 Å². The highest BCUT2D eigenvalue weighted by Gasteiger charge is 2.14. The summed E-state index contributed by atoms with van der Waals surface area (Å²) < 4.78 is 0. The van der Waals surface area contributed by atoms with E-state index in [1.54, 1.807) is 30.3 Å². The molecule has 1 aromatic rings. The smallest absolute Gasteiger partial charge is 0.325 e. The van der Waals surface area contributed by atoms with Crippen LogP contribution in [0.4, 0.5) is 0 Å². The van der Waals surface area contributed by atoms with E-state index in [9.17, 15) is 14.4 Å². The number of amides is 2. The van der Waals surface area contributed by atoms with E-state index in [0.717, 1.165) is 0 Å². The fourth-order valence-corrected chi connectivity index (χ4v) is 1.21. The molecular weight excluding hydrogens is 236 g/mol. The van der Waals surface area contributed by atoms with Gasteiger partial charge in [-0.15, -0.1) is 0 Å². The number of carbonyl (C=O) groups excluding carboxylic acids is 2. The van der Waals surface area contributed by atoms with Gasteiger partial charge in [0, 0.05) is 5.56 Å². The second kappa shape index (κ2) is 6.39. The predicted octanol–water partition coefficient (Wildman–Crippen LogP) is 0.00570. The van der Waals surface area contributed by atoms with Crippen LogP contribution in [0.5, 0.6) is 0 Å². The first-order valence-corrected chi connectivity index (χ1v) is 5.36. The number of aliphatic carboxylic acids is 1. The van der Waals surface area contributed by atoms with Crippen LogP contribution in [0.1, 0.15) is 17.3 Å². The molecule has 0 saturated carbocycles. The maximum atomic E-state index is 11.6. The highest BCUT2D eigenvalue weighted by atomic mass is 16.4. The molecule has 0 radical (unpaired) electrons. The predicted molar refractivity (Wildman–Crippen MR) is 64.0 cm³/mol. The lowest BCUT2D eigenvalue weighted by Crippen LogP contribution is -2.43. The summed E-state index contributed by atoms with van der Waals surface area (Å²) in [5.41, 5.74) is 0.441. The molecule has 2 amide bonds. The third kappa shape index (κ3) is 4.25. The molecule has 6 heteroatoms. The summed E-state index contributed by atoms with van der Waals surface area (Å²) in [5.74, 6) is -2.05. The van der Waals surface area contributed by atoms with Crippen molar-refractivity contribution < 1.29 is 19.5 Å². The first kappa shape index (κ1) is 13.7. The Labute approximate surface area is 104 Å². The van der Waals surface area contributed by atoms with Crippen molar-refractivity contribution in [3.05, 3.63) is 35.9 Å². The van der Waals surface area contributed by atoms with E-state index < -0.39 is 17.9 Å². The zero-order valence-electron chi connectivity index (χ0n) is 9.84. The van der Waals surface area contributed by atoms with Crippen molar-refractivity contribution in [1.82, 2.24) is 10.6 Å². The molecule has 3 N–H and O–H groups in total. The van der Waals surface area contributed by atoms with Crippen molar-refractivity contribution in [2.45, 2.75) is 13.0 Å². The molecule has 0 saturated heterocycles. The summed E-state index contributed by atoms with van der Waals surface area (Å²) in [5, 5.41) is 13.2. The monoisotopic (exact) mass is 250 g/mol. The van der Waals surface area contributed by atoms with Crippen molar-refractivity contribution in [2.75, 3.05) is 6.54 Å². The normalized spacial score (nSPS) is 11.4. The molecule has 6 nitrogen and oxygen atoms in total. The number of hydrogen-bond donors (Lipinski definition) is 3. The molecule has 1 atom stereocenters. The molecule has 1 rings (SSSR count).